The number of rotatable bonds is 6. The molecule has 0 radical (unpaired) electrons. The molecule has 0 atom stereocenters. The minimum atomic E-state index is -4.32. The van der Waals surface area contributed by atoms with E-state index in [-0.39, 0.29) is 0 Å². The van der Waals surface area contributed by atoms with Gasteiger partial charge < -0.3 is 10.6 Å². The largest absolute Gasteiger partial charge is 0.416 e. The maximum atomic E-state index is 12.6. The van der Waals surface area contributed by atoms with Crippen LogP contribution in [0.25, 0.3) is 0 Å². The number of aromatic nitrogens is 1. The number of aliphatic imine (C=N–C) groups is 1. The Morgan fingerprint density at radius 3 is 2.42 bits per heavy atom. The summed E-state index contributed by atoms with van der Waals surface area (Å²) < 4.78 is 37.8. The number of hydrogen-bond donors (Lipinski definition) is 2. The molecule has 0 unspecified atom stereocenters. The Kier molecular flexibility index (Phi) is 7.02. The highest BCUT2D eigenvalue weighted by Crippen LogP contribution is 2.29. The lowest BCUT2D eigenvalue weighted by Crippen LogP contribution is -2.36. The van der Waals surface area contributed by atoms with Gasteiger partial charge in [-0.15, -0.1) is 11.3 Å². The van der Waals surface area contributed by atoms with E-state index in [1.807, 2.05) is 12.3 Å². The zero-order valence-electron chi connectivity index (χ0n) is 15.0. The summed E-state index contributed by atoms with van der Waals surface area (Å²) in [5.74, 6) is 1.00. The molecule has 4 nitrogen and oxygen atoms in total. The first-order chi connectivity index (χ1) is 12.3. The molecule has 0 fully saturated rings. The molecule has 0 aliphatic rings. The highest BCUT2D eigenvalue weighted by Gasteiger charge is 2.29. The van der Waals surface area contributed by atoms with Crippen LogP contribution in [0.5, 0.6) is 0 Å². The van der Waals surface area contributed by atoms with Crippen molar-refractivity contribution in [3.63, 3.8) is 0 Å². The molecule has 0 bridgehead atoms. The lowest BCUT2D eigenvalue weighted by Gasteiger charge is -2.11. The Bertz CT molecular complexity index is 721. The van der Waals surface area contributed by atoms with Gasteiger partial charge in [0, 0.05) is 17.8 Å². The van der Waals surface area contributed by atoms with Crippen molar-refractivity contribution >= 4 is 17.3 Å². The number of thiazole rings is 1. The minimum Gasteiger partial charge on any atom is -0.357 e. The Morgan fingerprint density at radius 2 is 1.88 bits per heavy atom. The minimum absolute atomic E-state index is 0.293. The van der Waals surface area contributed by atoms with Crippen LogP contribution >= 0.6 is 11.3 Å². The molecule has 1 aromatic carbocycles. The molecule has 142 valence electrons. The van der Waals surface area contributed by atoms with Gasteiger partial charge in [-0.1, -0.05) is 26.0 Å². The molecule has 1 aromatic heterocycles. The maximum absolute atomic E-state index is 12.6. The molecule has 2 rings (SSSR count). The molecule has 0 aliphatic heterocycles. The molecule has 26 heavy (non-hydrogen) atoms. The number of nitrogens with zero attached hydrogens (tertiary/aromatic N) is 2. The highest BCUT2D eigenvalue weighted by atomic mass is 32.1. The monoisotopic (exact) mass is 384 g/mol. The number of nitrogens with one attached hydrogen (secondary N) is 2. The summed E-state index contributed by atoms with van der Waals surface area (Å²) in [6, 6.07) is 5.05. The predicted octanol–water partition coefficient (Wildman–Crippen LogP) is 4.54. The Labute approximate surface area is 155 Å². The molecule has 0 aliphatic carbocycles. The van der Waals surface area contributed by atoms with Gasteiger partial charge in [0.25, 0.3) is 0 Å². The second-order valence-electron chi connectivity index (χ2n) is 6.08. The fraction of sp³-hybridized carbons (Fsp3) is 0.444. The summed E-state index contributed by atoms with van der Waals surface area (Å²) in [5.41, 5.74) is 1.00. The molecule has 8 heteroatoms. The Morgan fingerprint density at radius 1 is 1.19 bits per heavy atom. The Hall–Kier alpha value is -2.09. The van der Waals surface area contributed by atoms with E-state index in [1.54, 1.807) is 11.3 Å². The van der Waals surface area contributed by atoms with Crippen LogP contribution in [0.2, 0.25) is 0 Å². The summed E-state index contributed by atoms with van der Waals surface area (Å²) in [5, 5.41) is 9.43. The molecule has 2 aromatic rings. The van der Waals surface area contributed by atoms with Gasteiger partial charge in [0.15, 0.2) is 5.96 Å². The van der Waals surface area contributed by atoms with Crippen LogP contribution in [0.3, 0.4) is 0 Å². The van der Waals surface area contributed by atoms with Crippen LogP contribution < -0.4 is 10.6 Å². The predicted molar refractivity (Wildman–Crippen MR) is 99.3 cm³/mol. The summed E-state index contributed by atoms with van der Waals surface area (Å²) in [6.45, 7) is 7.68. The van der Waals surface area contributed by atoms with Crippen LogP contribution in [0, 0.1) is 0 Å². The van der Waals surface area contributed by atoms with Crippen molar-refractivity contribution in [2.24, 2.45) is 4.99 Å². The third-order valence-electron chi connectivity index (χ3n) is 3.55. The van der Waals surface area contributed by atoms with E-state index in [4.69, 9.17) is 0 Å². The van der Waals surface area contributed by atoms with Crippen molar-refractivity contribution < 1.29 is 13.2 Å². The van der Waals surface area contributed by atoms with Crippen molar-refractivity contribution in [3.05, 3.63) is 51.5 Å². The zero-order chi connectivity index (χ0) is 19.2. The average Bonchev–Trinajstić information content (AvgIpc) is 3.06. The fourth-order valence-corrected chi connectivity index (χ4v) is 2.99. The van der Waals surface area contributed by atoms with Gasteiger partial charge in [-0.05, 0) is 24.6 Å². The van der Waals surface area contributed by atoms with Gasteiger partial charge in [0.2, 0.25) is 0 Å². The molecular weight excluding hydrogens is 361 g/mol. The van der Waals surface area contributed by atoms with Crippen molar-refractivity contribution in [1.29, 1.82) is 0 Å². The van der Waals surface area contributed by atoms with Crippen molar-refractivity contribution in [2.45, 2.75) is 46.0 Å². The molecule has 1 heterocycles. The lowest BCUT2D eigenvalue weighted by molar-refractivity contribution is -0.137. The van der Waals surface area contributed by atoms with Crippen LogP contribution in [-0.4, -0.2) is 17.5 Å². The number of halogens is 3. The molecule has 0 saturated heterocycles. The van der Waals surface area contributed by atoms with E-state index in [0.29, 0.717) is 37.1 Å². The van der Waals surface area contributed by atoms with Crippen molar-refractivity contribution in [1.82, 2.24) is 15.6 Å². The third kappa shape index (κ3) is 6.01. The van der Waals surface area contributed by atoms with E-state index in [1.165, 1.54) is 12.1 Å². The van der Waals surface area contributed by atoms with E-state index in [9.17, 15) is 13.2 Å². The molecular formula is C18H23F3N4S. The van der Waals surface area contributed by atoms with Crippen LogP contribution in [0.15, 0.2) is 34.6 Å². The van der Waals surface area contributed by atoms with E-state index in [2.05, 4.69) is 34.5 Å². The normalized spacial score (nSPS) is 12.5. The van der Waals surface area contributed by atoms with Crippen LogP contribution in [-0.2, 0) is 19.3 Å². The smallest absolute Gasteiger partial charge is 0.357 e. The van der Waals surface area contributed by atoms with Gasteiger partial charge in [-0.3, -0.25) is 0 Å². The summed E-state index contributed by atoms with van der Waals surface area (Å²) in [6.07, 6.45) is -4.32. The van der Waals surface area contributed by atoms with Gasteiger partial charge in [-0.2, -0.15) is 13.2 Å². The van der Waals surface area contributed by atoms with E-state index >= 15 is 0 Å². The highest BCUT2D eigenvalue weighted by molar-refractivity contribution is 7.09. The first-order valence-electron chi connectivity index (χ1n) is 8.42. The van der Waals surface area contributed by atoms with Gasteiger partial charge in [0.1, 0.15) is 0 Å². The Balaban J connectivity index is 1.97. The maximum Gasteiger partial charge on any atom is 0.416 e. The average molecular weight is 384 g/mol. The number of benzene rings is 1. The third-order valence-corrected chi connectivity index (χ3v) is 4.74. The topological polar surface area (TPSA) is 49.3 Å². The summed E-state index contributed by atoms with van der Waals surface area (Å²) >= 11 is 1.63. The quantitative estimate of drug-likeness (QED) is 0.568. The molecule has 0 spiro atoms. The molecule has 2 N–H and O–H groups in total. The van der Waals surface area contributed by atoms with Crippen molar-refractivity contribution in [3.8, 4) is 0 Å². The number of hydrogen-bond acceptors (Lipinski definition) is 3. The van der Waals surface area contributed by atoms with Gasteiger partial charge >= 0.3 is 6.18 Å². The van der Waals surface area contributed by atoms with Crippen LogP contribution in [0.1, 0.15) is 48.5 Å². The standard InChI is InChI=1S/C18H23F3N4S/c1-4-22-17(24-10-15-11-26-16(25-15)12(2)3)23-9-13-5-7-14(8-6-13)18(19,20)21/h5-8,11-12H,4,9-10H2,1-3H3,(H2,22,23,24). The molecule has 0 saturated carbocycles. The van der Waals surface area contributed by atoms with Crippen LogP contribution in [0.4, 0.5) is 13.2 Å². The number of alkyl halides is 3. The number of guanidine groups is 1. The first-order valence-corrected chi connectivity index (χ1v) is 9.30. The summed E-state index contributed by atoms with van der Waals surface area (Å²) in [4.78, 5) is 8.98. The molecule has 0 amide bonds. The van der Waals surface area contributed by atoms with Gasteiger partial charge in [-0.25, -0.2) is 9.98 Å². The van der Waals surface area contributed by atoms with E-state index < -0.39 is 11.7 Å². The first kappa shape index (κ1) is 20.2. The van der Waals surface area contributed by atoms with E-state index in [0.717, 1.165) is 22.8 Å². The second-order valence-corrected chi connectivity index (χ2v) is 6.96. The zero-order valence-corrected chi connectivity index (χ0v) is 15.8. The fourth-order valence-electron chi connectivity index (χ4n) is 2.15. The van der Waals surface area contributed by atoms with Crippen molar-refractivity contribution in [2.75, 3.05) is 6.54 Å². The lowest BCUT2D eigenvalue weighted by atomic mass is 10.1. The second kappa shape index (κ2) is 9.02. The summed E-state index contributed by atoms with van der Waals surface area (Å²) in [7, 11) is 0. The SMILES string of the molecule is CCNC(=NCc1ccc(C(F)(F)F)cc1)NCc1csc(C(C)C)n1. The van der Waals surface area contributed by atoms with Gasteiger partial charge in [0.05, 0.1) is 29.4 Å².